The molecule has 3 nitrogen and oxygen atoms in total. The average molecular weight is 259 g/mol. The lowest BCUT2D eigenvalue weighted by atomic mass is 10.1. The third kappa shape index (κ3) is 3.51. The molecular formula is C12H18FNO2S. The van der Waals surface area contributed by atoms with Gasteiger partial charge < -0.3 is 0 Å². The van der Waals surface area contributed by atoms with Crippen molar-refractivity contribution in [2.45, 2.75) is 25.2 Å². The topological polar surface area (TPSA) is 37.4 Å². The highest BCUT2D eigenvalue weighted by molar-refractivity contribution is 7.89. The Balaban J connectivity index is 2.92. The molecule has 0 aliphatic heterocycles. The van der Waals surface area contributed by atoms with Gasteiger partial charge in [0.2, 0.25) is 10.0 Å². The third-order valence-corrected chi connectivity index (χ3v) is 4.44. The highest BCUT2D eigenvalue weighted by atomic mass is 32.2. The average Bonchev–Trinajstić information content (AvgIpc) is 2.26. The van der Waals surface area contributed by atoms with Crippen molar-refractivity contribution in [2.75, 3.05) is 13.6 Å². The summed E-state index contributed by atoms with van der Waals surface area (Å²) in [4.78, 5) is -0.258. The first-order valence-electron chi connectivity index (χ1n) is 5.56. The van der Waals surface area contributed by atoms with E-state index in [2.05, 4.69) is 0 Å². The fourth-order valence-electron chi connectivity index (χ4n) is 1.38. The minimum Gasteiger partial charge on any atom is -0.207 e. The van der Waals surface area contributed by atoms with Gasteiger partial charge in [0.05, 0.1) is 0 Å². The molecule has 0 heterocycles. The number of sulfonamides is 1. The SMILES string of the molecule is CC(C)CCN(C)S(=O)(=O)c1ccccc1F. The summed E-state index contributed by atoms with van der Waals surface area (Å²) >= 11 is 0. The van der Waals surface area contributed by atoms with Gasteiger partial charge in [-0.15, -0.1) is 0 Å². The molecule has 0 spiro atoms. The van der Waals surface area contributed by atoms with E-state index in [0.29, 0.717) is 12.5 Å². The molecule has 0 unspecified atom stereocenters. The Morgan fingerprint density at radius 1 is 1.29 bits per heavy atom. The third-order valence-electron chi connectivity index (χ3n) is 2.55. The molecule has 5 heteroatoms. The van der Waals surface area contributed by atoms with E-state index in [1.54, 1.807) is 0 Å². The van der Waals surface area contributed by atoms with Crippen molar-refractivity contribution in [1.82, 2.24) is 4.31 Å². The molecule has 0 radical (unpaired) electrons. The van der Waals surface area contributed by atoms with Crippen molar-refractivity contribution in [1.29, 1.82) is 0 Å². The summed E-state index contributed by atoms with van der Waals surface area (Å²) in [5, 5.41) is 0. The second-order valence-electron chi connectivity index (χ2n) is 4.44. The molecule has 0 fully saturated rings. The second-order valence-corrected chi connectivity index (χ2v) is 6.45. The minimum atomic E-state index is -3.71. The maximum atomic E-state index is 13.4. The molecule has 96 valence electrons. The lowest BCUT2D eigenvalue weighted by molar-refractivity contribution is 0.424. The van der Waals surface area contributed by atoms with Crippen LogP contribution in [0.25, 0.3) is 0 Å². The largest absolute Gasteiger partial charge is 0.245 e. The molecule has 0 atom stereocenters. The Morgan fingerprint density at radius 3 is 2.41 bits per heavy atom. The van der Waals surface area contributed by atoms with Crippen LogP contribution < -0.4 is 0 Å². The molecule has 0 amide bonds. The summed E-state index contributed by atoms with van der Waals surface area (Å²) in [5.74, 6) is -0.294. The fourth-order valence-corrected chi connectivity index (χ4v) is 2.63. The normalized spacial score (nSPS) is 12.4. The van der Waals surface area contributed by atoms with E-state index in [4.69, 9.17) is 0 Å². The van der Waals surface area contributed by atoms with Crippen molar-refractivity contribution in [3.05, 3.63) is 30.1 Å². The Labute approximate surface area is 102 Å². The van der Waals surface area contributed by atoms with Crippen LogP contribution in [0.15, 0.2) is 29.2 Å². The number of rotatable bonds is 5. The van der Waals surface area contributed by atoms with E-state index >= 15 is 0 Å². The number of benzene rings is 1. The summed E-state index contributed by atoms with van der Waals surface area (Å²) in [5.41, 5.74) is 0. The van der Waals surface area contributed by atoms with E-state index in [-0.39, 0.29) is 4.90 Å². The van der Waals surface area contributed by atoms with E-state index in [1.807, 2.05) is 13.8 Å². The van der Waals surface area contributed by atoms with Crippen molar-refractivity contribution < 1.29 is 12.8 Å². The summed E-state index contributed by atoms with van der Waals surface area (Å²) in [6.45, 7) is 4.43. The van der Waals surface area contributed by atoms with Crippen LogP contribution in [0, 0.1) is 11.7 Å². The summed E-state index contributed by atoms with van der Waals surface area (Å²) in [6, 6.07) is 5.44. The zero-order valence-electron chi connectivity index (χ0n) is 10.4. The summed E-state index contributed by atoms with van der Waals surface area (Å²) < 4.78 is 38.7. The van der Waals surface area contributed by atoms with Crippen molar-refractivity contribution >= 4 is 10.0 Å². The highest BCUT2D eigenvalue weighted by Gasteiger charge is 2.23. The summed E-state index contributed by atoms with van der Waals surface area (Å²) in [7, 11) is -2.23. The molecule has 0 saturated carbocycles. The number of nitrogens with zero attached hydrogens (tertiary/aromatic N) is 1. The Hall–Kier alpha value is -0.940. The van der Waals surface area contributed by atoms with Crippen molar-refractivity contribution in [3.63, 3.8) is 0 Å². The van der Waals surface area contributed by atoms with Crippen LogP contribution in [0.2, 0.25) is 0 Å². The monoisotopic (exact) mass is 259 g/mol. The van der Waals surface area contributed by atoms with Crippen molar-refractivity contribution in [2.24, 2.45) is 5.92 Å². The van der Waals surface area contributed by atoms with E-state index in [1.165, 1.54) is 29.6 Å². The fraction of sp³-hybridized carbons (Fsp3) is 0.500. The molecule has 0 aliphatic carbocycles. The Bertz CT molecular complexity index is 471. The molecule has 17 heavy (non-hydrogen) atoms. The van der Waals surface area contributed by atoms with E-state index in [0.717, 1.165) is 12.5 Å². The highest BCUT2D eigenvalue weighted by Crippen LogP contribution is 2.18. The molecular weight excluding hydrogens is 241 g/mol. The molecule has 0 N–H and O–H groups in total. The van der Waals surface area contributed by atoms with Gasteiger partial charge in [0.25, 0.3) is 0 Å². The van der Waals surface area contributed by atoms with Crippen LogP contribution in [-0.2, 0) is 10.0 Å². The first kappa shape index (κ1) is 14.1. The van der Waals surface area contributed by atoms with Gasteiger partial charge in [0.15, 0.2) is 0 Å². The molecule has 0 aromatic heterocycles. The smallest absolute Gasteiger partial charge is 0.207 e. The van der Waals surface area contributed by atoms with Crippen LogP contribution >= 0.6 is 0 Å². The van der Waals surface area contributed by atoms with E-state index in [9.17, 15) is 12.8 Å². The van der Waals surface area contributed by atoms with Crippen LogP contribution in [0.4, 0.5) is 4.39 Å². The lowest BCUT2D eigenvalue weighted by Crippen LogP contribution is -2.29. The maximum absolute atomic E-state index is 13.4. The Morgan fingerprint density at radius 2 is 1.88 bits per heavy atom. The first-order chi connectivity index (χ1) is 7.85. The molecule has 1 rings (SSSR count). The molecule has 1 aromatic rings. The van der Waals surface area contributed by atoms with Crippen LogP contribution in [0.3, 0.4) is 0 Å². The van der Waals surface area contributed by atoms with Gasteiger partial charge in [0.1, 0.15) is 10.7 Å². The number of hydrogen-bond donors (Lipinski definition) is 0. The maximum Gasteiger partial charge on any atom is 0.245 e. The standard InChI is InChI=1S/C12H18FNO2S/c1-10(2)8-9-14(3)17(15,16)12-7-5-4-6-11(12)13/h4-7,10H,8-9H2,1-3H3. The number of hydrogen-bond acceptors (Lipinski definition) is 2. The van der Waals surface area contributed by atoms with Gasteiger partial charge >= 0.3 is 0 Å². The quantitative estimate of drug-likeness (QED) is 0.814. The first-order valence-corrected chi connectivity index (χ1v) is 7.00. The van der Waals surface area contributed by atoms with Gasteiger partial charge in [-0.1, -0.05) is 26.0 Å². The zero-order chi connectivity index (χ0) is 13.1. The predicted molar refractivity (Wildman–Crippen MR) is 65.7 cm³/mol. The van der Waals surface area contributed by atoms with E-state index < -0.39 is 15.8 Å². The van der Waals surface area contributed by atoms with Crippen molar-refractivity contribution in [3.8, 4) is 0 Å². The molecule has 0 aliphatic rings. The van der Waals surface area contributed by atoms with Crippen LogP contribution in [0.5, 0.6) is 0 Å². The number of halogens is 1. The predicted octanol–water partition coefficient (Wildman–Crippen LogP) is 2.49. The molecule has 0 saturated heterocycles. The van der Waals surface area contributed by atoms with Gasteiger partial charge in [0, 0.05) is 13.6 Å². The second kappa shape index (κ2) is 5.60. The Kier molecular flexibility index (Phi) is 4.65. The summed E-state index contributed by atoms with van der Waals surface area (Å²) in [6.07, 6.45) is 0.754. The zero-order valence-corrected chi connectivity index (χ0v) is 11.2. The molecule has 1 aromatic carbocycles. The minimum absolute atomic E-state index is 0.258. The van der Waals surface area contributed by atoms with Crippen LogP contribution in [0.1, 0.15) is 20.3 Å². The molecule has 0 bridgehead atoms. The van der Waals surface area contributed by atoms with Gasteiger partial charge in [-0.05, 0) is 24.5 Å². The van der Waals surface area contributed by atoms with Gasteiger partial charge in [-0.25, -0.2) is 17.1 Å². The van der Waals surface area contributed by atoms with Gasteiger partial charge in [-0.3, -0.25) is 0 Å². The lowest BCUT2D eigenvalue weighted by Gasteiger charge is -2.18. The van der Waals surface area contributed by atoms with Gasteiger partial charge in [-0.2, -0.15) is 0 Å². The van der Waals surface area contributed by atoms with Crippen LogP contribution in [-0.4, -0.2) is 26.3 Å².